The van der Waals surface area contributed by atoms with Gasteiger partial charge >= 0.3 is 0 Å². The molecule has 7 nitrogen and oxygen atoms in total. The van der Waals surface area contributed by atoms with Gasteiger partial charge in [-0.1, -0.05) is 35.9 Å². The van der Waals surface area contributed by atoms with E-state index >= 15 is 0 Å². The van der Waals surface area contributed by atoms with Crippen LogP contribution in [0, 0.1) is 6.92 Å². The number of aromatic nitrogens is 3. The Kier molecular flexibility index (Phi) is 5.30. The fraction of sp³-hybridized carbons (Fsp3) is 0.185. The first-order valence-electron chi connectivity index (χ1n) is 11.7. The van der Waals surface area contributed by atoms with Crippen LogP contribution in [0.4, 0.5) is 23.1 Å². The van der Waals surface area contributed by atoms with E-state index in [0.717, 1.165) is 39.6 Å². The van der Waals surface area contributed by atoms with Crippen molar-refractivity contribution in [3.63, 3.8) is 0 Å². The van der Waals surface area contributed by atoms with Crippen molar-refractivity contribution in [2.45, 2.75) is 32.6 Å². The highest BCUT2D eigenvalue weighted by Crippen LogP contribution is 2.32. The van der Waals surface area contributed by atoms with Gasteiger partial charge in [-0.3, -0.25) is 4.79 Å². The van der Waals surface area contributed by atoms with Crippen LogP contribution in [0.5, 0.6) is 0 Å². The average Bonchev–Trinajstić information content (AvgIpc) is 3.33. The van der Waals surface area contributed by atoms with E-state index in [4.69, 9.17) is 10.7 Å². The topological polar surface area (TPSA) is 106 Å². The minimum absolute atomic E-state index is 0.0194. The second-order valence-corrected chi connectivity index (χ2v) is 9.79. The number of nitrogens with two attached hydrogens (primary N) is 1. The summed E-state index contributed by atoms with van der Waals surface area (Å²) in [6, 6.07) is 16.3. The van der Waals surface area contributed by atoms with Crippen LogP contribution < -0.4 is 16.4 Å². The lowest BCUT2D eigenvalue weighted by atomic mass is 9.90. The zero-order chi connectivity index (χ0) is 23.9. The molecule has 0 saturated carbocycles. The monoisotopic (exact) mass is 480 g/mol. The van der Waals surface area contributed by atoms with Crippen molar-refractivity contribution < 1.29 is 4.79 Å². The summed E-state index contributed by atoms with van der Waals surface area (Å²) in [6.07, 6.45) is 4.57. The Balaban J connectivity index is 1.39. The second kappa shape index (κ2) is 8.63. The van der Waals surface area contributed by atoms with Gasteiger partial charge in [0.2, 0.25) is 5.82 Å². The van der Waals surface area contributed by atoms with E-state index in [-0.39, 0.29) is 5.82 Å². The lowest BCUT2D eigenvalue weighted by Crippen LogP contribution is -2.18. The van der Waals surface area contributed by atoms with Gasteiger partial charge in [0.1, 0.15) is 17.5 Å². The molecule has 0 spiro atoms. The Bertz CT molecular complexity index is 1610. The standard InChI is InChI=1S/C27H24N6OS/c1-15-9-10-19-17(13-15)14-22(29-20-8-4-6-16-5-2-3-7-18(16)20)31-25(19)33-27(34)26-30-21-11-12-35-23(21)24(28)32-26/h4,6,8-14H,2-3,5,7H2,1H3,(H2,28,30,32)(H2,29,31,33,34). The summed E-state index contributed by atoms with van der Waals surface area (Å²) in [5.41, 5.74) is 11.7. The summed E-state index contributed by atoms with van der Waals surface area (Å²) in [4.78, 5) is 26.6. The molecule has 6 rings (SSSR count). The fourth-order valence-electron chi connectivity index (χ4n) is 4.72. The summed E-state index contributed by atoms with van der Waals surface area (Å²) in [6.45, 7) is 2.05. The fourth-order valence-corrected chi connectivity index (χ4v) is 5.46. The van der Waals surface area contributed by atoms with Gasteiger partial charge < -0.3 is 16.4 Å². The van der Waals surface area contributed by atoms with Crippen LogP contribution >= 0.6 is 11.3 Å². The van der Waals surface area contributed by atoms with Crippen LogP contribution in [0.3, 0.4) is 0 Å². The predicted octanol–water partition coefficient (Wildman–Crippen LogP) is 6.00. The number of hydrogen-bond donors (Lipinski definition) is 3. The summed E-state index contributed by atoms with van der Waals surface area (Å²) in [5.74, 6) is 0.991. The van der Waals surface area contributed by atoms with Crippen LogP contribution in [0.25, 0.3) is 21.0 Å². The normalized spacial score (nSPS) is 13.1. The maximum atomic E-state index is 13.2. The molecule has 0 aliphatic heterocycles. The molecule has 0 fully saturated rings. The number of hydrogen-bond acceptors (Lipinski definition) is 7. The third-order valence-corrected chi connectivity index (χ3v) is 7.34. The molecule has 1 aliphatic rings. The van der Waals surface area contributed by atoms with Crippen molar-refractivity contribution in [1.29, 1.82) is 0 Å². The van der Waals surface area contributed by atoms with Gasteiger partial charge in [-0.15, -0.1) is 11.3 Å². The first-order valence-corrected chi connectivity index (χ1v) is 12.5. The van der Waals surface area contributed by atoms with Crippen molar-refractivity contribution >= 4 is 61.4 Å². The molecule has 174 valence electrons. The van der Waals surface area contributed by atoms with Crippen molar-refractivity contribution in [1.82, 2.24) is 15.0 Å². The van der Waals surface area contributed by atoms with Crippen molar-refractivity contribution in [3.05, 3.63) is 76.4 Å². The van der Waals surface area contributed by atoms with E-state index in [9.17, 15) is 4.79 Å². The Labute approximate surface area is 206 Å². The number of carbonyl (C=O) groups is 1. The number of benzene rings is 2. The largest absolute Gasteiger partial charge is 0.382 e. The van der Waals surface area contributed by atoms with E-state index in [0.29, 0.717) is 23.0 Å². The van der Waals surface area contributed by atoms with Crippen molar-refractivity contribution in [3.8, 4) is 0 Å². The molecule has 0 unspecified atom stereocenters. The molecule has 5 aromatic rings. The maximum Gasteiger partial charge on any atom is 0.294 e. The summed E-state index contributed by atoms with van der Waals surface area (Å²) in [7, 11) is 0. The third kappa shape index (κ3) is 4.06. The zero-order valence-corrected chi connectivity index (χ0v) is 20.1. The predicted molar refractivity (Wildman–Crippen MR) is 143 cm³/mol. The van der Waals surface area contributed by atoms with E-state index in [2.05, 4.69) is 44.9 Å². The number of carbonyl (C=O) groups excluding carboxylic acids is 1. The van der Waals surface area contributed by atoms with Gasteiger partial charge in [0.05, 0.1) is 10.2 Å². The molecule has 2 aromatic carbocycles. The lowest BCUT2D eigenvalue weighted by molar-refractivity contribution is 0.101. The maximum absolute atomic E-state index is 13.2. The molecule has 3 heterocycles. The molecule has 3 aromatic heterocycles. The first kappa shape index (κ1) is 21.5. The number of amides is 1. The number of rotatable bonds is 4. The average molecular weight is 481 g/mol. The summed E-state index contributed by atoms with van der Waals surface area (Å²) >= 11 is 1.45. The van der Waals surface area contributed by atoms with Crippen molar-refractivity contribution in [2.75, 3.05) is 16.4 Å². The van der Waals surface area contributed by atoms with Gasteiger partial charge in [0.25, 0.3) is 5.91 Å². The zero-order valence-electron chi connectivity index (χ0n) is 19.3. The first-order chi connectivity index (χ1) is 17.0. The third-order valence-electron chi connectivity index (χ3n) is 6.41. The molecule has 0 bridgehead atoms. The van der Waals surface area contributed by atoms with Gasteiger partial charge in [-0.05, 0) is 72.7 Å². The molecule has 1 amide bonds. The lowest BCUT2D eigenvalue weighted by Gasteiger charge is -2.20. The SMILES string of the molecule is Cc1ccc2c(NC(=O)c3nc(N)c4sccc4n3)nc(Nc3cccc4c3CCCC4)cc2c1. The van der Waals surface area contributed by atoms with Crippen LogP contribution in [0.15, 0.2) is 53.9 Å². The van der Waals surface area contributed by atoms with Gasteiger partial charge in [0.15, 0.2) is 0 Å². The van der Waals surface area contributed by atoms with Crippen LogP contribution in [0.1, 0.15) is 40.2 Å². The number of thiophene rings is 1. The highest BCUT2D eigenvalue weighted by atomic mass is 32.1. The second-order valence-electron chi connectivity index (χ2n) is 8.88. The molecule has 35 heavy (non-hydrogen) atoms. The van der Waals surface area contributed by atoms with Crippen molar-refractivity contribution in [2.24, 2.45) is 0 Å². The molecule has 8 heteroatoms. The summed E-state index contributed by atoms with van der Waals surface area (Å²) < 4.78 is 0.776. The Morgan fingerprint density at radius 1 is 1.03 bits per heavy atom. The Morgan fingerprint density at radius 2 is 1.91 bits per heavy atom. The van der Waals surface area contributed by atoms with Gasteiger partial charge in [-0.2, -0.15) is 0 Å². The molecule has 1 aliphatic carbocycles. The minimum atomic E-state index is -0.451. The number of nitrogens with one attached hydrogen (secondary N) is 2. The number of fused-ring (bicyclic) bond motifs is 3. The molecule has 0 radical (unpaired) electrons. The number of pyridine rings is 1. The number of anilines is 4. The molecule has 4 N–H and O–H groups in total. The summed E-state index contributed by atoms with van der Waals surface area (Å²) in [5, 5.41) is 10.1. The smallest absolute Gasteiger partial charge is 0.294 e. The van der Waals surface area contributed by atoms with E-state index < -0.39 is 5.91 Å². The van der Waals surface area contributed by atoms with Crippen LogP contribution in [0.2, 0.25) is 0 Å². The van der Waals surface area contributed by atoms with E-state index in [1.165, 1.54) is 35.3 Å². The minimum Gasteiger partial charge on any atom is -0.382 e. The number of aryl methyl sites for hydroxylation is 2. The van der Waals surface area contributed by atoms with Gasteiger partial charge in [-0.25, -0.2) is 15.0 Å². The van der Waals surface area contributed by atoms with Crippen LogP contribution in [-0.2, 0) is 12.8 Å². The Hall–Kier alpha value is -4.04. The highest BCUT2D eigenvalue weighted by molar-refractivity contribution is 7.17. The quantitative estimate of drug-likeness (QED) is 0.291. The molecular formula is C27H24N6OS. The van der Waals surface area contributed by atoms with Crippen LogP contribution in [-0.4, -0.2) is 20.9 Å². The number of nitrogen functional groups attached to an aromatic ring is 1. The molecule has 0 saturated heterocycles. The number of nitrogens with zero attached hydrogens (tertiary/aromatic N) is 3. The molecule has 0 atom stereocenters. The Morgan fingerprint density at radius 3 is 2.83 bits per heavy atom. The van der Waals surface area contributed by atoms with Gasteiger partial charge in [0, 0.05) is 11.1 Å². The highest BCUT2D eigenvalue weighted by Gasteiger charge is 2.18. The van der Waals surface area contributed by atoms with E-state index in [1.54, 1.807) is 0 Å². The van der Waals surface area contributed by atoms with E-state index in [1.807, 2.05) is 36.6 Å². The molecular weight excluding hydrogens is 456 g/mol.